The highest BCUT2D eigenvalue weighted by Gasteiger charge is 2.60. The number of hydrogen-bond acceptors (Lipinski definition) is 26. The predicted molar refractivity (Wildman–Crippen MR) is 348 cm³/mol. The van der Waals surface area contributed by atoms with Crippen LogP contribution in [-0.2, 0) is 120 Å². The van der Waals surface area contributed by atoms with E-state index in [2.05, 4.69) is 0 Å². The molecule has 0 saturated carbocycles. The Morgan fingerprint density at radius 2 is 0.620 bits per heavy atom. The van der Waals surface area contributed by atoms with E-state index in [9.17, 15) is 50.4 Å². The number of nitrogens with two attached hydrogens (primary N) is 3. The third-order valence-electron chi connectivity index (χ3n) is 18.0. The predicted octanol–water partition coefficient (Wildman–Crippen LogP) is 1.51. The van der Waals surface area contributed by atoms with Gasteiger partial charge in [-0.05, 0) is 33.4 Å². The number of carboxylic acid groups (broad SMARTS) is 2. The molecule has 28 heteroatoms. The Bertz CT molecular complexity index is 3410. The van der Waals surface area contributed by atoms with Crippen LogP contribution in [0.4, 0.5) is 0 Å². The molecule has 0 aromatic heterocycles. The first kappa shape index (κ1) is 74.5. The average molecular weight is 1390 g/mol. The molecular formula is C72H87N3O25. The molecule has 0 unspecified atom stereocenters. The van der Waals surface area contributed by atoms with E-state index in [4.69, 9.17) is 88.3 Å². The first-order chi connectivity index (χ1) is 48.6. The van der Waals surface area contributed by atoms with Gasteiger partial charge in [-0.2, -0.15) is 0 Å². The molecule has 11 rings (SSSR count). The molecule has 25 atom stereocenters. The van der Waals surface area contributed by atoms with Crippen LogP contribution in [0.15, 0.2) is 182 Å². The molecule has 100 heavy (non-hydrogen) atoms. The van der Waals surface area contributed by atoms with E-state index in [1.54, 1.807) is 121 Å². The molecule has 5 heterocycles. The second-order valence-corrected chi connectivity index (χ2v) is 24.9. The minimum Gasteiger partial charge on any atom is -0.479 e. The van der Waals surface area contributed by atoms with E-state index < -0.39 is 185 Å². The van der Waals surface area contributed by atoms with Crippen LogP contribution in [0.5, 0.6) is 0 Å². The molecule has 0 amide bonds. The lowest BCUT2D eigenvalue weighted by Crippen LogP contribution is -2.70. The number of benzene rings is 6. The van der Waals surface area contributed by atoms with E-state index in [-0.39, 0.29) is 39.6 Å². The Morgan fingerprint density at radius 1 is 0.310 bits per heavy atom. The fourth-order valence-corrected chi connectivity index (χ4v) is 12.8. The Balaban J connectivity index is 0.875. The molecule has 14 N–H and O–H groups in total. The first-order valence-electron chi connectivity index (χ1n) is 33.0. The summed E-state index contributed by atoms with van der Waals surface area (Å²) in [7, 11) is 0. The second-order valence-electron chi connectivity index (χ2n) is 24.9. The highest BCUT2D eigenvalue weighted by atomic mass is 16.8. The van der Waals surface area contributed by atoms with Crippen LogP contribution in [0.2, 0.25) is 0 Å². The quantitative estimate of drug-likeness (QED) is 0.0294. The van der Waals surface area contributed by atoms with Gasteiger partial charge in [0.15, 0.2) is 43.7 Å². The summed E-state index contributed by atoms with van der Waals surface area (Å²) >= 11 is 0. The van der Waals surface area contributed by atoms with E-state index in [1.807, 2.05) is 60.7 Å². The molecular weight excluding hydrogens is 1310 g/mol. The van der Waals surface area contributed by atoms with Gasteiger partial charge in [-0.25, -0.2) is 9.59 Å². The average Bonchev–Trinajstić information content (AvgIpc) is 0.766. The van der Waals surface area contributed by atoms with Crippen LogP contribution >= 0.6 is 0 Å². The summed E-state index contributed by atoms with van der Waals surface area (Å²) in [5.41, 5.74) is 24.6. The Hall–Kier alpha value is -6.70. The third kappa shape index (κ3) is 18.4. The number of aliphatic hydroxyl groups excluding tert-OH is 6. The number of hydrogen-bond donors (Lipinski definition) is 11. The van der Waals surface area contributed by atoms with Crippen LogP contribution in [0.1, 0.15) is 33.4 Å². The Morgan fingerprint density at radius 3 is 1.03 bits per heavy atom. The number of aliphatic carboxylic acids is 2. The van der Waals surface area contributed by atoms with Crippen molar-refractivity contribution in [1.82, 2.24) is 0 Å². The molecule has 28 nitrogen and oxygen atoms in total. The standard InChI is InChI=1S/C72H87N3O25/c73-49-52(79)54(46(31-76)93-69(49)97-61-59(89-37-43-25-13-4-14-26-43)53(80)71(99-63(61)66(81)82)96-56-48(33-78)92-68(85)50(74)57(56)87-35-41-21-9-2-10-22-41)95-72-65(91-39-45-29-17-6-18-30-45)60(90-38-44-27-15-5-16-28-44)62(64(100-72)67(83)84)98-70-51(75)58(88-36-42-23-11-3-12-24-42)55(47(32-77)94-70)86-34-40-19-7-1-8-20-40/h1-30,46-65,68-72,76-80,85H,31-39,73-75H2,(H,81,82)(H,83,84)/t46-,47-,48-,49-,50-,51-,52-,53-,54-,55-,56-,57-,58-,59-,60+,61+,62+,63-,64+,65-,68+,69-,70-,71-,72-/m1/s1. The number of carbonyl (C=O) groups is 2. The largest absolute Gasteiger partial charge is 0.479 e. The van der Waals surface area contributed by atoms with Crippen LogP contribution in [0, 0.1) is 0 Å². The summed E-state index contributed by atoms with van der Waals surface area (Å²) in [5, 5.41) is 90.9. The van der Waals surface area contributed by atoms with Crippen molar-refractivity contribution in [3.63, 3.8) is 0 Å². The summed E-state index contributed by atoms with van der Waals surface area (Å²) in [5.74, 6) is -3.26. The lowest BCUT2D eigenvalue weighted by Gasteiger charge is -2.51. The maximum Gasteiger partial charge on any atom is 0.335 e. The van der Waals surface area contributed by atoms with E-state index >= 15 is 0 Å². The highest BCUT2D eigenvalue weighted by molar-refractivity contribution is 5.74. The van der Waals surface area contributed by atoms with Crippen molar-refractivity contribution in [3.8, 4) is 0 Å². The molecule has 0 bridgehead atoms. The van der Waals surface area contributed by atoms with Crippen molar-refractivity contribution in [2.75, 3.05) is 19.8 Å². The summed E-state index contributed by atoms with van der Waals surface area (Å²) in [6.07, 6.45) is -35.9. The molecule has 6 aromatic rings. The van der Waals surface area contributed by atoms with Crippen molar-refractivity contribution in [2.45, 2.75) is 193 Å². The molecule has 6 aromatic carbocycles. The summed E-state index contributed by atoms with van der Waals surface area (Å²) in [6, 6.07) is 49.7. The van der Waals surface area contributed by atoms with Crippen LogP contribution in [0.25, 0.3) is 0 Å². The van der Waals surface area contributed by atoms with Gasteiger partial charge < -0.3 is 129 Å². The normalized spacial score (nSPS) is 34.7. The van der Waals surface area contributed by atoms with Crippen molar-refractivity contribution in [2.24, 2.45) is 17.2 Å². The van der Waals surface area contributed by atoms with Gasteiger partial charge in [-0.1, -0.05) is 182 Å². The number of aliphatic hydroxyl groups is 6. The molecule has 0 spiro atoms. The van der Waals surface area contributed by atoms with E-state index in [0.717, 1.165) is 11.1 Å². The molecule has 540 valence electrons. The third-order valence-corrected chi connectivity index (χ3v) is 18.0. The second kappa shape index (κ2) is 35.9. The molecule has 5 fully saturated rings. The van der Waals surface area contributed by atoms with Gasteiger partial charge in [0.25, 0.3) is 0 Å². The Kier molecular flexibility index (Phi) is 26.8. The van der Waals surface area contributed by atoms with Gasteiger partial charge in [-0.15, -0.1) is 0 Å². The zero-order valence-electron chi connectivity index (χ0n) is 54.4. The number of rotatable bonds is 31. The van der Waals surface area contributed by atoms with Crippen molar-refractivity contribution in [3.05, 3.63) is 215 Å². The lowest BCUT2D eigenvalue weighted by molar-refractivity contribution is -0.382. The number of ether oxygens (including phenoxy) is 15. The van der Waals surface area contributed by atoms with Gasteiger partial charge in [0.05, 0.1) is 77.6 Å². The first-order valence-corrected chi connectivity index (χ1v) is 33.0. The summed E-state index contributed by atoms with van der Waals surface area (Å²) in [6.45, 7) is -2.88. The van der Waals surface area contributed by atoms with Crippen molar-refractivity contribution >= 4 is 11.9 Å². The minimum absolute atomic E-state index is 0.0421. The van der Waals surface area contributed by atoms with Gasteiger partial charge in [0, 0.05) is 0 Å². The van der Waals surface area contributed by atoms with Crippen LogP contribution < -0.4 is 17.2 Å². The molecule has 0 radical (unpaired) electrons. The molecule has 5 aliphatic heterocycles. The monoisotopic (exact) mass is 1390 g/mol. The van der Waals surface area contributed by atoms with Crippen molar-refractivity contribution < 1.29 is 121 Å². The van der Waals surface area contributed by atoms with Crippen LogP contribution in [-0.4, -0.2) is 226 Å². The van der Waals surface area contributed by atoms with Gasteiger partial charge in [0.1, 0.15) is 91.6 Å². The van der Waals surface area contributed by atoms with E-state index in [1.165, 1.54) is 0 Å². The zero-order chi connectivity index (χ0) is 70.2. The SMILES string of the molecule is N[C@@H]1[C@@H](OCc2ccccc2)[C@H](O[C@@H]2O[C@@H](C(=O)O)[C@@H](O[C@H]3O[C@H](CO)[C@@H](O[C@@H]4O[C@H](C(=O)O)[C@@H](O[C@H]5O[C@H](CO)[C@@H](OCc6ccccc6)[C@H](OCc6ccccc6)[C@H]5N)[C@H](OCc5ccccc5)[C@H]4OCc4ccccc4)[C@H](O)[C@H]3N)[C@H](OCc3ccccc3)[C@H]2O)[C@@H](CO)O[C@@H]1O. The molecule has 0 aliphatic carbocycles. The smallest absolute Gasteiger partial charge is 0.335 e. The zero-order valence-corrected chi connectivity index (χ0v) is 54.4. The molecule has 5 aliphatic rings. The summed E-state index contributed by atoms with van der Waals surface area (Å²) in [4.78, 5) is 27.5. The summed E-state index contributed by atoms with van der Waals surface area (Å²) < 4.78 is 96.1. The number of carboxylic acids is 2. The fourth-order valence-electron chi connectivity index (χ4n) is 12.8. The van der Waals surface area contributed by atoms with E-state index in [0.29, 0.717) is 22.3 Å². The maximum atomic E-state index is 13.9. The van der Waals surface area contributed by atoms with Gasteiger partial charge in [-0.3, -0.25) is 0 Å². The minimum atomic E-state index is -2.11. The topological polar surface area (TPSA) is 412 Å². The molecule has 5 saturated heterocycles. The van der Waals surface area contributed by atoms with Gasteiger partial charge in [0.2, 0.25) is 0 Å². The van der Waals surface area contributed by atoms with Crippen LogP contribution in [0.3, 0.4) is 0 Å². The highest BCUT2D eigenvalue weighted by Crippen LogP contribution is 2.39. The Labute approximate surface area is 576 Å². The van der Waals surface area contributed by atoms with Crippen molar-refractivity contribution in [1.29, 1.82) is 0 Å². The maximum absolute atomic E-state index is 13.9. The lowest BCUT2D eigenvalue weighted by atomic mass is 9.94. The van der Waals surface area contributed by atoms with Gasteiger partial charge >= 0.3 is 11.9 Å². The fraction of sp³-hybridized carbons (Fsp3) is 0.472.